The number of amides is 2. The molecular formula is C16H14N2O4S. The number of hydrazine groups is 1. The second-order valence-corrected chi connectivity index (χ2v) is 6.11. The molecule has 118 valence electrons. The first kappa shape index (κ1) is 15.1. The van der Waals surface area contributed by atoms with E-state index < -0.39 is 11.8 Å². The molecule has 23 heavy (non-hydrogen) atoms. The molecule has 0 fully saturated rings. The molecule has 0 unspecified atom stereocenters. The van der Waals surface area contributed by atoms with Crippen molar-refractivity contribution in [1.29, 1.82) is 0 Å². The van der Waals surface area contributed by atoms with Gasteiger partial charge in [-0.2, -0.15) is 0 Å². The number of carbonyl (C=O) groups excluding carboxylic acids is 2. The van der Waals surface area contributed by atoms with Crippen LogP contribution in [0.3, 0.4) is 0 Å². The monoisotopic (exact) mass is 330 g/mol. The van der Waals surface area contributed by atoms with Crippen LogP contribution in [-0.4, -0.2) is 18.6 Å². The first-order chi connectivity index (χ1) is 11.1. The van der Waals surface area contributed by atoms with Crippen LogP contribution in [0, 0.1) is 6.92 Å². The molecule has 6 nitrogen and oxygen atoms in total. The van der Waals surface area contributed by atoms with Gasteiger partial charge < -0.3 is 9.47 Å². The number of nitrogens with one attached hydrogen (secondary N) is 2. The molecule has 1 aromatic heterocycles. The summed E-state index contributed by atoms with van der Waals surface area (Å²) in [5.41, 5.74) is 5.05. The zero-order valence-corrected chi connectivity index (χ0v) is 13.1. The third kappa shape index (κ3) is 3.70. The number of rotatable bonds is 3. The molecule has 1 aliphatic rings. The molecule has 2 heterocycles. The fourth-order valence-electron chi connectivity index (χ4n) is 1.97. The summed E-state index contributed by atoms with van der Waals surface area (Å²) in [7, 11) is 0. The van der Waals surface area contributed by atoms with Crippen molar-refractivity contribution in [2.24, 2.45) is 0 Å². The van der Waals surface area contributed by atoms with Crippen LogP contribution in [0.15, 0.2) is 36.4 Å². The van der Waals surface area contributed by atoms with Gasteiger partial charge in [-0.3, -0.25) is 20.4 Å². The minimum Gasteiger partial charge on any atom is -0.454 e. The molecule has 7 heteroatoms. The molecule has 1 aromatic carbocycles. The lowest BCUT2D eigenvalue weighted by Crippen LogP contribution is -2.40. The molecule has 0 radical (unpaired) electrons. The molecule has 0 spiro atoms. The van der Waals surface area contributed by atoms with Crippen LogP contribution in [0.4, 0.5) is 0 Å². The Hall–Kier alpha value is -2.80. The Morgan fingerprint density at radius 1 is 1.13 bits per heavy atom. The van der Waals surface area contributed by atoms with E-state index in [2.05, 4.69) is 10.9 Å². The molecule has 1 aliphatic heterocycles. The van der Waals surface area contributed by atoms with Gasteiger partial charge in [0.05, 0.1) is 0 Å². The standard InChI is InChI=1S/C16H14N2O4S/c1-10-2-4-12(23-10)5-7-15(19)17-18-16(20)11-3-6-13-14(8-11)22-9-21-13/h2-8H,9H2,1H3,(H,17,19)(H,18,20)/b7-5+. The Morgan fingerprint density at radius 3 is 2.74 bits per heavy atom. The van der Waals surface area contributed by atoms with E-state index in [9.17, 15) is 9.59 Å². The number of carbonyl (C=O) groups is 2. The maximum Gasteiger partial charge on any atom is 0.269 e. The van der Waals surface area contributed by atoms with Crippen molar-refractivity contribution < 1.29 is 19.1 Å². The lowest BCUT2D eigenvalue weighted by molar-refractivity contribution is -0.117. The number of hydrogen-bond donors (Lipinski definition) is 2. The second kappa shape index (κ2) is 6.53. The highest BCUT2D eigenvalue weighted by atomic mass is 32.1. The van der Waals surface area contributed by atoms with E-state index in [4.69, 9.17) is 9.47 Å². The van der Waals surface area contributed by atoms with Gasteiger partial charge in [-0.1, -0.05) is 0 Å². The Morgan fingerprint density at radius 2 is 1.96 bits per heavy atom. The van der Waals surface area contributed by atoms with Crippen LogP contribution in [0.25, 0.3) is 6.08 Å². The molecule has 0 bridgehead atoms. The molecule has 2 amide bonds. The number of ether oxygens (including phenoxy) is 2. The van der Waals surface area contributed by atoms with Crippen molar-refractivity contribution >= 4 is 29.2 Å². The maximum atomic E-state index is 12.0. The minimum absolute atomic E-state index is 0.143. The van der Waals surface area contributed by atoms with Crippen LogP contribution >= 0.6 is 11.3 Å². The van der Waals surface area contributed by atoms with Gasteiger partial charge in [-0.05, 0) is 43.3 Å². The predicted molar refractivity (Wildman–Crippen MR) is 86.3 cm³/mol. The SMILES string of the molecule is Cc1ccc(/C=C/C(=O)NNC(=O)c2ccc3c(c2)OCO3)s1. The quantitative estimate of drug-likeness (QED) is 0.668. The van der Waals surface area contributed by atoms with E-state index in [1.165, 1.54) is 11.0 Å². The molecule has 0 saturated carbocycles. The Bertz CT molecular complexity index is 782. The lowest BCUT2D eigenvalue weighted by atomic mass is 10.2. The molecule has 3 rings (SSSR count). The Labute approximate surface area is 136 Å². The van der Waals surface area contributed by atoms with E-state index in [0.29, 0.717) is 17.1 Å². The van der Waals surface area contributed by atoms with Crippen molar-refractivity contribution in [3.8, 4) is 11.5 Å². The zero-order valence-electron chi connectivity index (χ0n) is 12.3. The fourth-order valence-corrected chi connectivity index (χ4v) is 2.75. The topological polar surface area (TPSA) is 76.7 Å². The van der Waals surface area contributed by atoms with E-state index in [1.807, 2.05) is 19.1 Å². The molecular weight excluding hydrogens is 316 g/mol. The van der Waals surface area contributed by atoms with Crippen LogP contribution in [0.1, 0.15) is 20.1 Å². The maximum absolute atomic E-state index is 12.0. The van der Waals surface area contributed by atoms with Crippen molar-refractivity contribution in [3.63, 3.8) is 0 Å². The predicted octanol–water partition coefficient (Wildman–Crippen LogP) is 2.26. The van der Waals surface area contributed by atoms with Crippen molar-refractivity contribution in [2.75, 3.05) is 6.79 Å². The third-order valence-corrected chi connectivity index (χ3v) is 4.06. The third-order valence-electron chi connectivity index (χ3n) is 3.09. The summed E-state index contributed by atoms with van der Waals surface area (Å²) in [6, 6.07) is 8.71. The summed E-state index contributed by atoms with van der Waals surface area (Å²) in [6.45, 7) is 2.14. The van der Waals surface area contributed by atoms with Crippen molar-refractivity contribution in [2.45, 2.75) is 6.92 Å². The highest BCUT2D eigenvalue weighted by Crippen LogP contribution is 2.32. The van der Waals surface area contributed by atoms with Crippen LogP contribution in [-0.2, 0) is 4.79 Å². The summed E-state index contributed by atoms with van der Waals surface area (Å²) in [4.78, 5) is 25.8. The lowest BCUT2D eigenvalue weighted by Gasteiger charge is -2.05. The second-order valence-electron chi connectivity index (χ2n) is 4.79. The fraction of sp³-hybridized carbons (Fsp3) is 0.125. The van der Waals surface area contributed by atoms with Gasteiger partial charge in [0.2, 0.25) is 6.79 Å². The Balaban J connectivity index is 1.54. The first-order valence-corrected chi connectivity index (χ1v) is 7.68. The largest absolute Gasteiger partial charge is 0.454 e. The Kier molecular flexibility index (Phi) is 4.29. The smallest absolute Gasteiger partial charge is 0.269 e. The summed E-state index contributed by atoms with van der Waals surface area (Å²) in [5.74, 6) is 0.263. The normalized spacial score (nSPS) is 12.4. The number of benzene rings is 1. The van der Waals surface area contributed by atoms with Crippen LogP contribution in [0.2, 0.25) is 0 Å². The average molecular weight is 330 g/mol. The summed E-state index contributed by atoms with van der Waals surface area (Å²) in [6.07, 6.45) is 3.06. The van der Waals surface area contributed by atoms with E-state index in [0.717, 1.165) is 4.88 Å². The van der Waals surface area contributed by atoms with Gasteiger partial charge in [-0.25, -0.2) is 0 Å². The first-order valence-electron chi connectivity index (χ1n) is 6.86. The molecule has 0 atom stereocenters. The van der Waals surface area contributed by atoms with Crippen LogP contribution in [0.5, 0.6) is 11.5 Å². The van der Waals surface area contributed by atoms with Gasteiger partial charge >= 0.3 is 0 Å². The highest BCUT2D eigenvalue weighted by Gasteiger charge is 2.16. The highest BCUT2D eigenvalue weighted by molar-refractivity contribution is 7.12. The van der Waals surface area contributed by atoms with Gasteiger partial charge in [0, 0.05) is 21.4 Å². The molecule has 2 aromatic rings. The number of fused-ring (bicyclic) bond motifs is 1. The summed E-state index contributed by atoms with van der Waals surface area (Å²) in [5, 5.41) is 0. The molecule has 0 aliphatic carbocycles. The van der Waals surface area contributed by atoms with Gasteiger partial charge in [-0.15, -0.1) is 11.3 Å². The number of hydrogen-bond acceptors (Lipinski definition) is 5. The molecule has 0 saturated heterocycles. The van der Waals surface area contributed by atoms with Gasteiger partial charge in [0.1, 0.15) is 0 Å². The average Bonchev–Trinajstić information content (AvgIpc) is 3.18. The molecule has 2 N–H and O–H groups in total. The van der Waals surface area contributed by atoms with E-state index >= 15 is 0 Å². The summed E-state index contributed by atoms with van der Waals surface area (Å²) < 4.78 is 10.4. The van der Waals surface area contributed by atoms with Crippen molar-refractivity contribution in [3.05, 3.63) is 51.7 Å². The number of thiophene rings is 1. The van der Waals surface area contributed by atoms with Gasteiger partial charge in [0.15, 0.2) is 11.5 Å². The zero-order chi connectivity index (χ0) is 16.2. The van der Waals surface area contributed by atoms with Crippen LogP contribution < -0.4 is 20.3 Å². The van der Waals surface area contributed by atoms with E-state index in [-0.39, 0.29) is 6.79 Å². The summed E-state index contributed by atoms with van der Waals surface area (Å²) >= 11 is 1.58. The van der Waals surface area contributed by atoms with Gasteiger partial charge in [0.25, 0.3) is 11.8 Å². The van der Waals surface area contributed by atoms with E-state index in [1.54, 1.807) is 35.6 Å². The van der Waals surface area contributed by atoms with Crippen molar-refractivity contribution in [1.82, 2.24) is 10.9 Å². The number of aryl methyl sites for hydroxylation is 1. The minimum atomic E-state index is -0.433.